The van der Waals surface area contributed by atoms with Crippen LogP contribution in [0, 0.1) is 0 Å². The summed E-state index contributed by atoms with van der Waals surface area (Å²) >= 11 is 0. The zero-order valence-electron chi connectivity index (χ0n) is 21.3. The van der Waals surface area contributed by atoms with Gasteiger partial charge >= 0.3 is 0 Å². The van der Waals surface area contributed by atoms with Crippen LogP contribution in [0.4, 0.5) is 0 Å². The number of fused-ring (bicyclic) bond motifs is 2. The first kappa shape index (κ1) is 20.3. The Morgan fingerprint density at radius 2 is 1.55 bits per heavy atom. The lowest BCUT2D eigenvalue weighted by atomic mass is 9.92. The van der Waals surface area contributed by atoms with Gasteiger partial charge in [-0.3, -0.25) is 4.57 Å². The summed E-state index contributed by atoms with van der Waals surface area (Å²) in [6.45, 7) is 12.8. The Morgan fingerprint density at radius 3 is 2.21 bits per heavy atom. The molecule has 2 heterocycles. The Hall–Kier alpha value is -3.33. The summed E-state index contributed by atoms with van der Waals surface area (Å²) in [5.74, 6) is 0.895. The molecular formula is C30H32N2O. The molecule has 3 nitrogen and oxygen atoms in total. The number of benzene rings is 3. The van der Waals surface area contributed by atoms with Crippen molar-refractivity contribution in [1.29, 1.82) is 0 Å². The minimum Gasteiger partial charge on any atom is -0.464 e. The van der Waals surface area contributed by atoms with Gasteiger partial charge in [0.15, 0.2) is 0 Å². The second-order valence-corrected chi connectivity index (χ2v) is 9.71. The lowest BCUT2D eigenvalue weighted by molar-refractivity contribution is 0.616. The van der Waals surface area contributed by atoms with E-state index in [1.807, 2.05) is 38.3 Å². The molecule has 0 aliphatic rings. The van der Waals surface area contributed by atoms with Crippen molar-refractivity contribution in [2.75, 3.05) is 0 Å². The number of para-hydroxylation sites is 3. The van der Waals surface area contributed by atoms with Crippen LogP contribution in [-0.2, 0) is 0 Å². The topological polar surface area (TPSA) is 31.0 Å². The van der Waals surface area contributed by atoms with Crippen LogP contribution in [0.2, 0.25) is 0 Å². The highest BCUT2D eigenvalue weighted by Crippen LogP contribution is 2.39. The van der Waals surface area contributed by atoms with Crippen LogP contribution in [0.3, 0.4) is 0 Å². The van der Waals surface area contributed by atoms with E-state index in [1.54, 1.807) is 0 Å². The molecular weight excluding hydrogens is 404 g/mol. The van der Waals surface area contributed by atoms with E-state index in [2.05, 4.69) is 74.7 Å². The smallest absolute Gasteiger partial charge is 0.149 e. The summed E-state index contributed by atoms with van der Waals surface area (Å²) < 4.78 is 16.9. The van der Waals surface area contributed by atoms with E-state index in [9.17, 15) is 0 Å². The van der Waals surface area contributed by atoms with Crippen molar-refractivity contribution in [3.8, 4) is 17.1 Å². The molecule has 3 heteroatoms. The maximum atomic E-state index is 8.54. The zero-order chi connectivity index (χ0) is 24.2. The average molecular weight is 438 g/mol. The Labute approximate surface area is 197 Å². The predicted octanol–water partition coefficient (Wildman–Crippen LogP) is 8.81. The maximum Gasteiger partial charge on any atom is 0.149 e. The van der Waals surface area contributed by atoms with Crippen molar-refractivity contribution in [1.82, 2.24) is 9.55 Å². The molecule has 5 rings (SSSR count). The number of nitrogens with zero attached hydrogens (tertiary/aromatic N) is 2. The summed E-state index contributed by atoms with van der Waals surface area (Å²) in [5, 5.41) is 0.988. The third kappa shape index (κ3) is 3.56. The Balaban J connectivity index is 1.90. The molecule has 2 aromatic heterocycles. The van der Waals surface area contributed by atoms with Gasteiger partial charge in [0, 0.05) is 6.76 Å². The molecule has 168 valence electrons. The standard InChI is InChI=1S/C30H32N2O/c1-18(2)21-14-15-28-24(16-21)25(17-33-28)30-31-26-12-7-8-13-27(26)32(30)29-22(19(3)4)10-9-11-23(29)20(5)6/h7-20H,1-6H3/i18D. The SMILES string of the molecule is [2H]C(C)(C)c1ccc2occ(-c3nc4ccccc4n3-c3c(C(C)C)cccc3C(C)C)c2c1. The molecule has 0 radical (unpaired) electrons. The average Bonchev–Trinajstić information content (AvgIpc) is 3.38. The second kappa shape index (κ2) is 8.22. The van der Waals surface area contributed by atoms with Crippen molar-refractivity contribution in [3.05, 3.63) is 83.6 Å². The van der Waals surface area contributed by atoms with Gasteiger partial charge < -0.3 is 4.42 Å². The van der Waals surface area contributed by atoms with E-state index >= 15 is 0 Å². The minimum atomic E-state index is -0.697. The summed E-state index contributed by atoms with van der Waals surface area (Å²) in [5.41, 5.74) is 8.57. The third-order valence-corrected chi connectivity index (χ3v) is 6.52. The van der Waals surface area contributed by atoms with Crippen LogP contribution >= 0.6 is 0 Å². The molecule has 0 atom stereocenters. The lowest BCUT2D eigenvalue weighted by Gasteiger charge is -2.22. The minimum absolute atomic E-state index is 0.361. The number of hydrogen-bond donors (Lipinski definition) is 0. The van der Waals surface area contributed by atoms with Crippen molar-refractivity contribution < 1.29 is 5.79 Å². The van der Waals surface area contributed by atoms with Gasteiger partial charge in [-0.2, -0.15) is 0 Å². The first-order chi connectivity index (χ1) is 16.2. The fraction of sp³-hybridized carbons (Fsp3) is 0.300. The molecule has 5 aromatic rings. The Bertz CT molecular complexity index is 1470. The van der Waals surface area contributed by atoms with Gasteiger partial charge in [-0.1, -0.05) is 77.9 Å². The largest absolute Gasteiger partial charge is 0.464 e. The molecule has 33 heavy (non-hydrogen) atoms. The van der Waals surface area contributed by atoms with Crippen LogP contribution in [-0.4, -0.2) is 9.55 Å². The molecule has 0 amide bonds. The number of furan rings is 1. The summed E-state index contributed by atoms with van der Waals surface area (Å²) in [4.78, 5) is 5.13. The molecule has 0 unspecified atom stereocenters. The molecule has 0 bridgehead atoms. The quantitative estimate of drug-likeness (QED) is 0.275. The van der Waals surface area contributed by atoms with Gasteiger partial charge in [-0.25, -0.2) is 4.98 Å². The van der Waals surface area contributed by atoms with Crippen LogP contribution in [0.5, 0.6) is 0 Å². The first-order valence-electron chi connectivity index (χ1n) is 12.3. The fourth-order valence-corrected chi connectivity index (χ4v) is 4.72. The van der Waals surface area contributed by atoms with Crippen molar-refractivity contribution in [3.63, 3.8) is 0 Å². The summed E-state index contributed by atoms with van der Waals surface area (Å²) in [6.07, 6.45) is 1.82. The highest BCUT2D eigenvalue weighted by Gasteiger charge is 2.23. The molecule has 0 aliphatic carbocycles. The van der Waals surface area contributed by atoms with E-state index in [1.165, 1.54) is 16.8 Å². The lowest BCUT2D eigenvalue weighted by Crippen LogP contribution is -2.08. The molecule has 0 aliphatic heterocycles. The van der Waals surface area contributed by atoms with Gasteiger partial charge in [0.1, 0.15) is 17.7 Å². The van der Waals surface area contributed by atoms with Gasteiger partial charge in [0.05, 0.1) is 22.3 Å². The van der Waals surface area contributed by atoms with E-state index in [4.69, 9.17) is 10.8 Å². The van der Waals surface area contributed by atoms with Gasteiger partial charge in [-0.15, -0.1) is 0 Å². The van der Waals surface area contributed by atoms with Gasteiger partial charge in [0.25, 0.3) is 0 Å². The normalized spacial score (nSPS) is 12.9. The summed E-state index contributed by atoms with van der Waals surface area (Å²) in [7, 11) is 0. The highest BCUT2D eigenvalue weighted by atomic mass is 16.3. The van der Waals surface area contributed by atoms with E-state index in [-0.39, 0.29) is 0 Å². The number of hydrogen-bond acceptors (Lipinski definition) is 2. The van der Waals surface area contributed by atoms with Gasteiger partial charge in [0.2, 0.25) is 0 Å². The number of imidazole rings is 1. The van der Waals surface area contributed by atoms with Crippen LogP contribution in [0.15, 0.2) is 71.3 Å². The van der Waals surface area contributed by atoms with Crippen LogP contribution in [0.25, 0.3) is 39.1 Å². The second-order valence-electron chi connectivity index (χ2n) is 9.71. The highest BCUT2D eigenvalue weighted by molar-refractivity contribution is 5.96. The molecule has 0 saturated heterocycles. The summed E-state index contributed by atoms with van der Waals surface area (Å²) in [6, 6.07) is 21.0. The number of rotatable bonds is 5. The maximum absolute atomic E-state index is 8.54. The molecule has 0 spiro atoms. The molecule has 0 fully saturated rings. The molecule has 0 saturated carbocycles. The number of aromatic nitrogens is 2. The zero-order valence-corrected chi connectivity index (χ0v) is 20.3. The predicted molar refractivity (Wildman–Crippen MR) is 139 cm³/mol. The van der Waals surface area contributed by atoms with E-state index < -0.39 is 5.89 Å². The van der Waals surface area contributed by atoms with Gasteiger partial charge in [-0.05, 0) is 58.7 Å². The van der Waals surface area contributed by atoms with Crippen LogP contribution < -0.4 is 0 Å². The van der Waals surface area contributed by atoms with Crippen molar-refractivity contribution >= 4 is 22.0 Å². The van der Waals surface area contributed by atoms with E-state index in [0.29, 0.717) is 11.8 Å². The fourth-order valence-electron chi connectivity index (χ4n) is 4.72. The van der Waals surface area contributed by atoms with Crippen LogP contribution in [0.1, 0.15) is 77.3 Å². The van der Waals surface area contributed by atoms with Crippen molar-refractivity contribution in [2.24, 2.45) is 0 Å². The monoisotopic (exact) mass is 437 g/mol. The van der Waals surface area contributed by atoms with Crippen molar-refractivity contribution in [2.45, 2.75) is 59.3 Å². The first-order valence-corrected chi connectivity index (χ1v) is 11.8. The Morgan fingerprint density at radius 1 is 0.848 bits per heavy atom. The van der Waals surface area contributed by atoms with E-state index in [0.717, 1.165) is 39.0 Å². The Kier molecular flexibility index (Phi) is 5.05. The molecule has 0 N–H and O–H groups in total. The molecule has 3 aromatic carbocycles. The third-order valence-electron chi connectivity index (χ3n) is 6.52.